The van der Waals surface area contributed by atoms with E-state index in [1.165, 1.54) is 17.7 Å². The van der Waals surface area contributed by atoms with Gasteiger partial charge in [0.25, 0.3) is 0 Å². The first-order valence-electron chi connectivity index (χ1n) is 10.5. The molecular weight excluding hydrogens is 427 g/mol. The first-order chi connectivity index (χ1) is 15.5. The van der Waals surface area contributed by atoms with Crippen molar-refractivity contribution in [3.05, 3.63) is 106 Å². The lowest BCUT2D eigenvalue weighted by molar-refractivity contribution is 0.171. The average Bonchev–Trinajstić information content (AvgIpc) is 3.16. The van der Waals surface area contributed by atoms with Crippen molar-refractivity contribution >= 4 is 22.5 Å². The molecule has 2 heterocycles. The summed E-state index contributed by atoms with van der Waals surface area (Å²) >= 11 is 6.28. The number of benzene rings is 3. The topological polar surface area (TPSA) is 48.5 Å². The fourth-order valence-electron chi connectivity index (χ4n) is 4.41. The molecule has 0 fully saturated rings. The number of hydrogen-bond acceptors (Lipinski definition) is 3. The predicted molar refractivity (Wildman–Crippen MR) is 124 cm³/mol. The number of fused-ring (bicyclic) bond motifs is 3. The van der Waals surface area contributed by atoms with Crippen LogP contribution in [0, 0.1) is 5.82 Å². The highest BCUT2D eigenvalue weighted by Gasteiger charge is 2.33. The molecule has 1 unspecified atom stereocenters. The van der Waals surface area contributed by atoms with Gasteiger partial charge < -0.3 is 19.7 Å². The Morgan fingerprint density at radius 2 is 1.88 bits per heavy atom. The van der Waals surface area contributed by atoms with Crippen LogP contribution in [-0.2, 0) is 6.42 Å². The van der Waals surface area contributed by atoms with E-state index in [2.05, 4.69) is 9.88 Å². The molecular formula is C26H22ClFN2O2. The summed E-state index contributed by atoms with van der Waals surface area (Å²) in [6.45, 7) is 2.64. The molecule has 3 aromatic carbocycles. The van der Waals surface area contributed by atoms with Crippen LogP contribution >= 0.6 is 11.6 Å². The fraction of sp³-hybridized carbons (Fsp3) is 0.154. The zero-order valence-electron chi connectivity index (χ0n) is 17.5. The van der Waals surface area contributed by atoms with Gasteiger partial charge in [0.2, 0.25) is 0 Å². The molecule has 0 radical (unpaired) electrons. The van der Waals surface area contributed by atoms with Crippen molar-refractivity contribution in [2.24, 2.45) is 0 Å². The molecule has 0 saturated carbocycles. The van der Waals surface area contributed by atoms with Crippen LogP contribution in [0.25, 0.3) is 10.9 Å². The molecule has 1 atom stereocenters. The quantitative estimate of drug-likeness (QED) is 0.348. The number of rotatable bonds is 4. The molecule has 6 heteroatoms. The van der Waals surface area contributed by atoms with Gasteiger partial charge in [0.15, 0.2) is 5.88 Å². The number of hydrogen-bond donors (Lipinski definition) is 2. The Hall–Kier alpha value is -3.44. The minimum atomic E-state index is -0.305. The Balaban J connectivity index is 1.61. The summed E-state index contributed by atoms with van der Waals surface area (Å²) in [5.41, 5.74) is 4.35. The van der Waals surface area contributed by atoms with E-state index in [0.717, 1.165) is 35.1 Å². The molecule has 0 aliphatic carbocycles. The number of allylic oxidation sites excluding steroid dienone is 1. The van der Waals surface area contributed by atoms with Crippen molar-refractivity contribution < 1.29 is 14.2 Å². The van der Waals surface area contributed by atoms with Crippen LogP contribution in [0.3, 0.4) is 0 Å². The van der Waals surface area contributed by atoms with Gasteiger partial charge in [0.1, 0.15) is 17.3 Å². The van der Waals surface area contributed by atoms with Gasteiger partial charge in [-0.3, -0.25) is 0 Å². The second-order valence-corrected chi connectivity index (χ2v) is 8.26. The number of phenolic OH excluding ortho intramolecular Hbond substituents is 1. The lowest BCUT2D eigenvalue weighted by Crippen LogP contribution is -2.37. The minimum absolute atomic E-state index is 0.155. The molecule has 1 aliphatic rings. The standard InChI is InChI=1S/C26H22ClFN2O2/c1-2-24(32-20-10-6-18(28)7-11-20)30-14-13-21-22-15-17(27)5-12-23(22)29-25(21)26(30)16-3-8-19(31)9-4-16/h2-12,15,26,29,31H,13-14H2,1H3/b24-2-. The summed E-state index contributed by atoms with van der Waals surface area (Å²) in [5.74, 6) is 1.16. The average molecular weight is 449 g/mol. The third kappa shape index (κ3) is 3.69. The number of nitrogens with zero attached hydrogens (tertiary/aromatic N) is 1. The van der Waals surface area contributed by atoms with E-state index in [-0.39, 0.29) is 17.6 Å². The molecule has 32 heavy (non-hydrogen) atoms. The summed E-state index contributed by atoms with van der Waals surface area (Å²) in [5, 5.41) is 11.7. The molecule has 4 nitrogen and oxygen atoms in total. The third-order valence-corrected chi connectivity index (χ3v) is 6.10. The van der Waals surface area contributed by atoms with Crippen LogP contribution in [-0.4, -0.2) is 21.5 Å². The van der Waals surface area contributed by atoms with Crippen molar-refractivity contribution in [3.8, 4) is 11.5 Å². The Bertz CT molecular complexity index is 1300. The number of aromatic amines is 1. The van der Waals surface area contributed by atoms with E-state index in [4.69, 9.17) is 16.3 Å². The molecule has 0 saturated heterocycles. The minimum Gasteiger partial charge on any atom is -0.508 e. The van der Waals surface area contributed by atoms with Gasteiger partial charge in [-0.25, -0.2) is 4.39 Å². The van der Waals surface area contributed by atoms with Crippen LogP contribution in [0.5, 0.6) is 11.5 Å². The molecule has 0 bridgehead atoms. The van der Waals surface area contributed by atoms with Crippen molar-refractivity contribution in [2.45, 2.75) is 19.4 Å². The van der Waals surface area contributed by atoms with Crippen LogP contribution in [0.1, 0.15) is 29.8 Å². The van der Waals surface area contributed by atoms with E-state index in [1.807, 2.05) is 43.3 Å². The SMILES string of the molecule is C/C=C(\Oc1ccc(F)cc1)N1CCc2c([nH]c3ccc(Cl)cc23)C1c1ccc(O)cc1. The van der Waals surface area contributed by atoms with Crippen molar-refractivity contribution in [3.63, 3.8) is 0 Å². The number of aromatic hydroxyl groups is 1. The van der Waals surface area contributed by atoms with E-state index in [0.29, 0.717) is 16.7 Å². The molecule has 0 spiro atoms. The molecule has 0 amide bonds. The predicted octanol–water partition coefficient (Wildman–Crippen LogP) is 6.55. The normalized spacial score (nSPS) is 16.3. The van der Waals surface area contributed by atoms with E-state index in [9.17, 15) is 9.50 Å². The maximum atomic E-state index is 13.4. The second-order valence-electron chi connectivity index (χ2n) is 7.83. The largest absolute Gasteiger partial charge is 0.508 e. The van der Waals surface area contributed by atoms with Crippen LogP contribution in [0.2, 0.25) is 5.02 Å². The molecule has 2 N–H and O–H groups in total. The number of ether oxygens (including phenoxy) is 1. The third-order valence-electron chi connectivity index (χ3n) is 5.86. The highest BCUT2D eigenvalue weighted by Crippen LogP contribution is 2.41. The smallest absolute Gasteiger partial charge is 0.192 e. The number of halogens is 2. The summed E-state index contributed by atoms with van der Waals surface area (Å²) in [4.78, 5) is 5.78. The van der Waals surface area contributed by atoms with Gasteiger partial charge in [0, 0.05) is 28.2 Å². The van der Waals surface area contributed by atoms with Gasteiger partial charge in [-0.05, 0) is 85.1 Å². The molecule has 162 valence electrons. The summed E-state index contributed by atoms with van der Waals surface area (Å²) in [7, 11) is 0. The fourth-order valence-corrected chi connectivity index (χ4v) is 4.58. The first-order valence-corrected chi connectivity index (χ1v) is 10.9. The zero-order valence-corrected chi connectivity index (χ0v) is 18.2. The number of H-pyrrole nitrogens is 1. The highest BCUT2D eigenvalue weighted by molar-refractivity contribution is 6.31. The second kappa shape index (κ2) is 8.24. The number of aromatic nitrogens is 1. The molecule has 4 aromatic rings. The zero-order chi connectivity index (χ0) is 22.2. The van der Waals surface area contributed by atoms with Gasteiger partial charge in [-0.1, -0.05) is 23.7 Å². The van der Waals surface area contributed by atoms with Crippen LogP contribution < -0.4 is 4.74 Å². The van der Waals surface area contributed by atoms with Gasteiger partial charge in [0.05, 0.1) is 6.04 Å². The van der Waals surface area contributed by atoms with Gasteiger partial charge in [-0.2, -0.15) is 0 Å². The summed E-state index contributed by atoms with van der Waals surface area (Å²) in [6, 6.07) is 19.0. The molecule has 5 rings (SSSR count). The highest BCUT2D eigenvalue weighted by atomic mass is 35.5. The van der Waals surface area contributed by atoms with Crippen molar-refractivity contribution in [1.82, 2.24) is 9.88 Å². The Morgan fingerprint density at radius 1 is 1.12 bits per heavy atom. The number of phenols is 1. The molecule has 1 aliphatic heterocycles. The van der Waals surface area contributed by atoms with Crippen molar-refractivity contribution in [2.75, 3.05) is 6.54 Å². The van der Waals surface area contributed by atoms with E-state index >= 15 is 0 Å². The maximum absolute atomic E-state index is 13.4. The van der Waals surface area contributed by atoms with Gasteiger partial charge >= 0.3 is 0 Å². The number of nitrogens with one attached hydrogen (secondary N) is 1. The Morgan fingerprint density at radius 3 is 2.59 bits per heavy atom. The van der Waals surface area contributed by atoms with Crippen LogP contribution in [0.15, 0.2) is 78.7 Å². The van der Waals surface area contributed by atoms with E-state index in [1.54, 1.807) is 24.3 Å². The Kier molecular flexibility index (Phi) is 5.27. The summed E-state index contributed by atoms with van der Waals surface area (Å²) in [6.07, 6.45) is 2.73. The summed E-state index contributed by atoms with van der Waals surface area (Å²) < 4.78 is 19.5. The van der Waals surface area contributed by atoms with Gasteiger partial charge in [-0.15, -0.1) is 0 Å². The lowest BCUT2D eigenvalue weighted by Gasteiger charge is -2.38. The van der Waals surface area contributed by atoms with Crippen molar-refractivity contribution in [1.29, 1.82) is 0 Å². The lowest BCUT2D eigenvalue weighted by atomic mass is 9.92. The first kappa shape index (κ1) is 20.5. The van der Waals surface area contributed by atoms with E-state index < -0.39 is 0 Å². The maximum Gasteiger partial charge on any atom is 0.192 e. The van der Waals surface area contributed by atoms with Crippen LogP contribution in [0.4, 0.5) is 4.39 Å². The monoisotopic (exact) mass is 448 g/mol. The Labute approximate surface area is 190 Å². The molecule has 1 aromatic heterocycles.